The molecule has 5 heteroatoms. The molecule has 0 spiro atoms. The van der Waals surface area contributed by atoms with Crippen LogP contribution in [0.3, 0.4) is 0 Å². The molecule has 0 fully saturated rings. The van der Waals surface area contributed by atoms with E-state index in [4.69, 9.17) is 5.11 Å². The van der Waals surface area contributed by atoms with E-state index in [2.05, 4.69) is 16.8 Å². The van der Waals surface area contributed by atoms with Crippen LogP contribution < -0.4 is 0 Å². The number of amides is 1. The SMILES string of the molecule is C=C1C=C(CC(=O)O)N=NC1=O. The number of azo groups is 1. The molecule has 0 saturated heterocycles. The predicted molar refractivity (Wildman–Crippen MR) is 39.3 cm³/mol. The van der Waals surface area contributed by atoms with Crippen LogP contribution in [0.4, 0.5) is 0 Å². The van der Waals surface area contributed by atoms with Gasteiger partial charge < -0.3 is 5.11 Å². The second-order valence-electron chi connectivity index (χ2n) is 2.24. The lowest BCUT2D eigenvalue weighted by Gasteiger charge is -2.01. The average Bonchev–Trinajstić information content (AvgIpc) is 1.96. The minimum absolute atomic E-state index is 0.168. The molecule has 1 aliphatic heterocycles. The van der Waals surface area contributed by atoms with E-state index in [-0.39, 0.29) is 17.7 Å². The van der Waals surface area contributed by atoms with Crippen LogP contribution in [-0.4, -0.2) is 17.0 Å². The first-order chi connectivity index (χ1) is 5.59. The second-order valence-corrected chi connectivity index (χ2v) is 2.24. The summed E-state index contributed by atoms with van der Waals surface area (Å²) in [6.45, 7) is 3.38. The Kier molecular flexibility index (Phi) is 2.14. The van der Waals surface area contributed by atoms with Crippen LogP contribution >= 0.6 is 0 Å². The van der Waals surface area contributed by atoms with Gasteiger partial charge in [-0.15, -0.1) is 5.11 Å². The van der Waals surface area contributed by atoms with E-state index in [1.54, 1.807) is 0 Å². The maximum atomic E-state index is 10.7. The van der Waals surface area contributed by atoms with Gasteiger partial charge >= 0.3 is 5.97 Å². The molecule has 1 aliphatic rings. The number of rotatable bonds is 2. The average molecular weight is 166 g/mol. The van der Waals surface area contributed by atoms with E-state index in [1.807, 2.05) is 0 Å². The van der Waals surface area contributed by atoms with Gasteiger partial charge in [-0.3, -0.25) is 9.59 Å². The van der Waals surface area contributed by atoms with E-state index in [0.717, 1.165) is 0 Å². The summed E-state index contributed by atoms with van der Waals surface area (Å²) < 4.78 is 0. The largest absolute Gasteiger partial charge is 0.481 e. The van der Waals surface area contributed by atoms with E-state index in [9.17, 15) is 9.59 Å². The van der Waals surface area contributed by atoms with Crippen molar-refractivity contribution in [2.75, 3.05) is 0 Å². The van der Waals surface area contributed by atoms with Gasteiger partial charge in [0, 0.05) is 5.57 Å². The van der Waals surface area contributed by atoms with Gasteiger partial charge in [0.25, 0.3) is 5.91 Å². The third kappa shape index (κ3) is 1.85. The maximum Gasteiger partial charge on any atom is 0.309 e. The Hall–Kier alpha value is -1.78. The molecule has 1 amide bonds. The molecule has 0 radical (unpaired) electrons. The van der Waals surface area contributed by atoms with Crippen LogP contribution in [0, 0.1) is 0 Å². The number of carboxylic acids is 1. The topological polar surface area (TPSA) is 79.1 Å². The van der Waals surface area contributed by atoms with Gasteiger partial charge in [0.2, 0.25) is 0 Å². The third-order valence-electron chi connectivity index (χ3n) is 1.22. The van der Waals surface area contributed by atoms with Crippen molar-refractivity contribution in [1.29, 1.82) is 0 Å². The molecule has 0 aromatic carbocycles. The Bertz CT molecular complexity index is 315. The smallest absolute Gasteiger partial charge is 0.309 e. The fourth-order valence-electron chi connectivity index (χ4n) is 0.707. The van der Waals surface area contributed by atoms with Crippen molar-refractivity contribution >= 4 is 11.9 Å². The Morgan fingerprint density at radius 1 is 1.58 bits per heavy atom. The Balaban J connectivity index is 2.76. The van der Waals surface area contributed by atoms with E-state index in [0.29, 0.717) is 0 Å². The first-order valence-corrected chi connectivity index (χ1v) is 3.17. The monoisotopic (exact) mass is 166 g/mol. The van der Waals surface area contributed by atoms with Crippen molar-refractivity contribution in [3.8, 4) is 0 Å². The minimum Gasteiger partial charge on any atom is -0.481 e. The lowest BCUT2D eigenvalue weighted by Crippen LogP contribution is -2.03. The molecular formula is C7H6N2O3. The van der Waals surface area contributed by atoms with Crippen molar-refractivity contribution in [3.63, 3.8) is 0 Å². The summed E-state index contributed by atoms with van der Waals surface area (Å²) in [6.07, 6.45) is 1.08. The number of hydrogen-bond acceptors (Lipinski definition) is 3. The van der Waals surface area contributed by atoms with Gasteiger partial charge in [0.1, 0.15) is 0 Å². The Labute approximate surface area is 68.1 Å². The van der Waals surface area contributed by atoms with Crippen LogP contribution in [0.2, 0.25) is 0 Å². The molecule has 0 atom stereocenters. The maximum absolute atomic E-state index is 10.7. The number of carbonyl (C=O) groups excluding carboxylic acids is 1. The summed E-state index contributed by atoms with van der Waals surface area (Å²) in [7, 11) is 0. The number of carboxylic acid groups (broad SMARTS) is 1. The Morgan fingerprint density at radius 3 is 2.75 bits per heavy atom. The molecule has 0 aliphatic carbocycles. The highest BCUT2D eigenvalue weighted by Crippen LogP contribution is 2.14. The normalized spacial score (nSPS) is 16.2. The summed E-state index contributed by atoms with van der Waals surface area (Å²) in [4.78, 5) is 20.9. The number of hydrogen-bond donors (Lipinski definition) is 1. The minimum atomic E-state index is -1.01. The molecule has 12 heavy (non-hydrogen) atoms. The lowest BCUT2D eigenvalue weighted by molar-refractivity contribution is -0.136. The number of nitrogens with zero attached hydrogens (tertiary/aromatic N) is 2. The molecule has 62 valence electrons. The van der Waals surface area contributed by atoms with Crippen molar-refractivity contribution in [3.05, 3.63) is 23.9 Å². The summed E-state index contributed by atoms with van der Waals surface area (Å²) in [6, 6.07) is 0. The van der Waals surface area contributed by atoms with Gasteiger partial charge in [-0.2, -0.15) is 5.11 Å². The van der Waals surface area contributed by atoms with E-state index < -0.39 is 11.9 Å². The summed E-state index contributed by atoms with van der Waals surface area (Å²) in [5.74, 6) is -1.54. The van der Waals surface area contributed by atoms with Crippen molar-refractivity contribution in [2.45, 2.75) is 6.42 Å². The molecule has 5 nitrogen and oxygen atoms in total. The van der Waals surface area contributed by atoms with Gasteiger partial charge in [0.05, 0.1) is 12.1 Å². The molecule has 1 N–H and O–H groups in total. The molecule has 0 unspecified atom stereocenters. The molecule has 1 rings (SSSR count). The van der Waals surface area contributed by atoms with E-state index in [1.165, 1.54) is 6.08 Å². The highest BCUT2D eigenvalue weighted by molar-refractivity contribution is 5.97. The predicted octanol–water partition coefficient (Wildman–Crippen LogP) is 0.894. The van der Waals surface area contributed by atoms with Crippen LogP contribution in [0.1, 0.15) is 6.42 Å². The molecule has 0 bridgehead atoms. The molecular weight excluding hydrogens is 160 g/mol. The third-order valence-corrected chi connectivity index (χ3v) is 1.22. The van der Waals surface area contributed by atoms with Crippen LogP contribution in [0.5, 0.6) is 0 Å². The van der Waals surface area contributed by atoms with Gasteiger partial charge in [-0.05, 0) is 6.08 Å². The van der Waals surface area contributed by atoms with Crippen LogP contribution in [0.15, 0.2) is 34.2 Å². The van der Waals surface area contributed by atoms with Crippen molar-refractivity contribution in [2.24, 2.45) is 10.2 Å². The summed E-state index contributed by atoms with van der Waals surface area (Å²) in [5, 5.41) is 15.0. The molecule has 0 aromatic heterocycles. The first-order valence-electron chi connectivity index (χ1n) is 3.17. The van der Waals surface area contributed by atoms with Crippen molar-refractivity contribution < 1.29 is 14.7 Å². The first kappa shape index (κ1) is 8.32. The fourth-order valence-corrected chi connectivity index (χ4v) is 0.707. The lowest BCUT2D eigenvalue weighted by atomic mass is 10.2. The Morgan fingerprint density at radius 2 is 2.25 bits per heavy atom. The summed E-state index contributed by atoms with van der Waals surface area (Å²) >= 11 is 0. The number of aliphatic carboxylic acids is 1. The van der Waals surface area contributed by atoms with Gasteiger partial charge in [-0.25, -0.2) is 0 Å². The van der Waals surface area contributed by atoms with Crippen LogP contribution in [-0.2, 0) is 9.59 Å². The molecule has 1 heterocycles. The fraction of sp³-hybridized carbons (Fsp3) is 0.143. The zero-order chi connectivity index (χ0) is 9.14. The second kappa shape index (κ2) is 3.08. The number of carbonyl (C=O) groups is 2. The summed E-state index contributed by atoms with van der Waals surface area (Å²) in [5.41, 5.74) is 0.411. The quantitative estimate of drug-likeness (QED) is 0.618. The highest BCUT2D eigenvalue weighted by atomic mass is 16.4. The van der Waals surface area contributed by atoms with Crippen LogP contribution in [0.25, 0.3) is 0 Å². The van der Waals surface area contributed by atoms with Gasteiger partial charge in [0.15, 0.2) is 0 Å². The highest BCUT2D eigenvalue weighted by Gasteiger charge is 2.12. The molecule has 0 aromatic rings. The molecule has 0 saturated carbocycles. The zero-order valence-corrected chi connectivity index (χ0v) is 6.15. The van der Waals surface area contributed by atoms with Gasteiger partial charge in [-0.1, -0.05) is 6.58 Å². The standard InChI is InChI=1S/C7H6N2O3/c1-4-2-5(3-6(10)11)8-9-7(4)12/h2H,1,3H2,(H,10,11). The zero-order valence-electron chi connectivity index (χ0n) is 6.15. The van der Waals surface area contributed by atoms with Crippen molar-refractivity contribution in [1.82, 2.24) is 0 Å². The van der Waals surface area contributed by atoms with E-state index >= 15 is 0 Å².